The van der Waals surface area contributed by atoms with E-state index in [1.807, 2.05) is 44.2 Å². The Morgan fingerprint density at radius 3 is 2.17 bits per heavy atom. The van der Waals surface area contributed by atoms with E-state index in [-0.39, 0.29) is 27.8 Å². The number of rotatable bonds is 9. The van der Waals surface area contributed by atoms with Gasteiger partial charge in [-0.25, -0.2) is 12.8 Å². The van der Waals surface area contributed by atoms with Gasteiger partial charge >= 0.3 is 0 Å². The van der Waals surface area contributed by atoms with Crippen LogP contribution in [0, 0.1) is 11.7 Å². The van der Waals surface area contributed by atoms with Crippen molar-refractivity contribution in [3.05, 3.63) is 95.3 Å². The summed E-state index contributed by atoms with van der Waals surface area (Å²) in [5, 5.41) is 6.29. The Hall–Kier alpha value is -3.72. The maximum absolute atomic E-state index is 14.7. The molecule has 2 N–H and O–H groups in total. The van der Waals surface area contributed by atoms with Crippen LogP contribution >= 0.6 is 0 Å². The number of carbonyl (C=O) groups excluding carboxylic acids is 2. The second-order valence-electron chi connectivity index (χ2n) is 11.5. The Morgan fingerprint density at radius 1 is 0.951 bits per heavy atom. The summed E-state index contributed by atoms with van der Waals surface area (Å²) in [7, 11) is -3.27. The second kappa shape index (κ2) is 12.4. The fourth-order valence-electron chi connectivity index (χ4n) is 5.10. The number of likely N-dealkylation sites (tertiary alicyclic amines) is 1. The molecule has 3 aromatic carbocycles. The molecule has 2 amide bonds. The predicted octanol–water partition coefficient (Wildman–Crippen LogP) is 5.07. The molecule has 0 aromatic heterocycles. The van der Waals surface area contributed by atoms with E-state index in [4.69, 9.17) is 0 Å². The summed E-state index contributed by atoms with van der Waals surface area (Å²) in [6.07, 6.45) is 3.08. The smallest absolute Gasteiger partial charge is 0.254 e. The van der Waals surface area contributed by atoms with Gasteiger partial charge in [-0.3, -0.25) is 9.59 Å². The zero-order valence-corrected chi connectivity index (χ0v) is 24.8. The first-order chi connectivity index (χ1) is 19.3. The third kappa shape index (κ3) is 7.73. The van der Waals surface area contributed by atoms with Crippen LogP contribution in [0.2, 0.25) is 0 Å². The molecule has 1 aliphatic rings. The van der Waals surface area contributed by atoms with E-state index in [0.29, 0.717) is 32.4 Å². The van der Waals surface area contributed by atoms with Crippen LogP contribution in [0.25, 0.3) is 0 Å². The lowest BCUT2D eigenvalue weighted by molar-refractivity contribution is -0.135. The minimum atomic E-state index is -3.27. The molecule has 3 aromatic rings. The summed E-state index contributed by atoms with van der Waals surface area (Å²) in [4.78, 5) is 28.8. The molecule has 1 fully saturated rings. The van der Waals surface area contributed by atoms with Gasteiger partial charge in [0.25, 0.3) is 5.91 Å². The number of benzene rings is 3. The third-order valence-electron chi connectivity index (χ3n) is 7.65. The summed E-state index contributed by atoms with van der Waals surface area (Å²) in [6, 6.07) is 20.1. The van der Waals surface area contributed by atoms with Crippen molar-refractivity contribution in [2.45, 2.75) is 56.5 Å². The fraction of sp³-hybridized carbons (Fsp3) is 0.375. The maximum Gasteiger partial charge on any atom is 0.254 e. The van der Waals surface area contributed by atoms with Crippen molar-refractivity contribution < 1.29 is 22.4 Å². The van der Waals surface area contributed by atoms with E-state index in [2.05, 4.69) is 17.6 Å². The van der Waals surface area contributed by atoms with Crippen LogP contribution in [0.15, 0.2) is 77.7 Å². The van der Waals surface area contributed by atoms with E-state index in [1.54, 1.807) is 41.3 Å². The minimum absolute atomic E-state index is 0.0748. The molecule has 7 nitrogen and oxygen atoms in total. The van der Waals surface area contributed by atoms with Gasteiger partial charge in [-0.2, -0.15) is 0 Å². The highest BCUT2D eigenvalue weighted by Gasteiger charge is 2.36. The summed E-state index contributed by atoms with van der Waals surface area (Å²) < 4.78 is 38.2. The first-order valence-corrected chi connectivity index (χ1v) is 15.7. The molecule has 1 aliphatic heterocycles. The molecule has 1 atom stereocenters. The number of amides is 2. The minimum Gasteiger partial charge on any atom is -0.380 e. The molecule has 41 heavy (non-hydrogen) atoms. The highest BCUT2D eigenvalue weighted by Crippen LogP contribution is 2.28. The quantitative estimate of drug-likeness (QED) is 0.369. The van der Waals surface area contributed by atoms with Gasteiger partial charge in [0.05, 0.1) is 10.5 Å². The summed E-state index contributed by atoms with van der Waals surface area (Å²) >= 11 is 0. The van der Waals surface area contributed by atoms with Crippen molar-refractivity contribution in [3.8, 4) is 0 Å². The molecule has 0 unspecified atom stereocenters. The number of nitrogens with zero attached hydrogens (tertiary/aromatic N) is 1. The van der Waals surface area contributed by atoms with Crippen molar-refractivity contribution in [2.24, 2.45) is 5.92 Å². The molecule has 0 aliphatic carbocycles. The van der Waals surface area contributed by atoms with E-state index < -0.39 is 27.6 Å². The zero-order chi connectivity index (χ0) is 29.8. The molecule has 4 rings (SSSR count). The van der Waals surface area contributed by atoms with Gasteiger partial charge < -0.3 is 15.5 Å². The van der Waals surface area contributed by atoms with Crippen molar-refractivity contribution >= 4 is 27.3 Å². The normalized spacial score (nSPS) is 15.8. The Morgan fingerprint density at radius 2 is 1.59 bits per heavy atom. The lowest BCUT2D eigenvalue weighted by atomic mass is 9.88. The van der Waals surface area contributed by atoms with Gasteiger partial charge in [0, 0.05) is 30.6 Å². The molecule has 1 heterocycles. The van der Waals surface area contributed by atoms with Crippen LogP contribution in [0.1, 0.15) is 55.1 Å². The maximum atomic E-state index is 14.7. The van der Waals surface area contributed by atoms with Crippen LogP contribution < -0.4 is 10.6 Å². The molecule has 9 heteroatoms. The highest BCUT2D eigenvalue weighted by molar-refractivity contribution is 7.90. The summed E-state index contributed by atoms with van der Waals surface area (Å²) in [5.41, 5.74) is 2.31. The number of sulfone groups is 1. The van der Waals surface area contributed by atoms with E-state index >= 15 is 0 Å². The summed E-state index contributed by atoms with van der Waals surface area (Å²) in [5.74, 6) is -1.61. The van der Waals surface area contributed by atoms with Crippen LogP contribution in [-0.4, -0.2) is 56.1 Å². The second-order valence-corrected chi connectivity index (χ2v) is 13.5. The lowest BCUT2D eigenvalue weighted by Gasteiger charge is -2.42. The molecule has 0 saturated carbocycles. The SMILES string of the molecule is CC(C)[C@@H](NC(=O)c1cc(Cc2ccccc2)ccc1F)C(=O)N1CCC(C)(Nc2ccc(S(C)(=O)=O)cc2)CC1. The van der Waals surface area contributed by atoms with Crippen LogP contribution in [0.3, 0.4) is 0 Å². The van der Waals surface area contributed by atoms with Crippen molar-refractivity contribution in [2.75, 3.05) is 24.7 Å². The molecule has 0 bridgehead atoms. The van der Waals surface area contributed by atoms with Crippen molar-refractivity contribution in [1.29, 1.82) is 0 Å². The Kier molecular flexibility index (Phi) is 9.17. The average molecular weight is 580 g/mol. The number of carbonyl (C=O) groups is 2. The van der Waals surface area contributed by atoms with Gasteiger partial charge in [0.2, 0.25) is 5.91 Å². The van der Waals surface area contributed by atoms with Crippen LogP contribution in [-0.2, 0) is 21.1 Å². The zero-order valence-electron chi connectivity index (χ0n) is 24.0. The monoisotopic (exact) mass is 579 g/mol. The van der Waals surface area contributed by atoms with E-state index in [1.165, 1.54) is 12.3 Å². The molecule has 218 valence electrons. The van der Waals surface area contributed by atoms with Gasteiger partial charge in [-0.15, -0.1) is 0 Å². The predicted molar refractivity (Wildman–Crippen MR) is 159 cm³/mol. The first-order valence-electron chi connectivity index (χ1n) is 13.8. The third-order valence-corrected chi connectivity index (χ3v) is 8.78. The largest absolute Gasteiger partial charge is 0.380 e. The first kappa shape index (κ1) is 30.2. The number of halogens is 1. The molecular weight excluding hydrogens is 541 g/mol. The molecule has 0 radical (unpaired) electrons. The van der Waals surface area contributed by atoms with Crippen LogP contribution in [0.5, 0.6) is 0 Å². The molecule has 1 saturated heterocycles. The van der Waals surface area contributed by atoms with Crippen molar-refractivity contribution in [3.63, 3.8) is 0 Å². The van der Waals surface area contributed by atoms with Gasteiger partial charge in [0.1, 0.15) is 11.9 Å². The highest BCUT2D eigenvalue weighted by atomic mass is 32.2. The van der Waals surface area contributed by atoms with Crippen molar-refractivity contribution in [1.82, 2.24) is 10.2 Å². The van der Waals surface area contributed by atoms with Gasteiger partial charge in [0.15, 0.2) is 9.84 Å². The standard InChI is InChI=1S/C32H38FN3O4S/c1-22(2)29(34-30(37)27-21-24(10-15-28(27)33)20-23-8-6-5-7-9-23)31(38)36-18-16-32(3,17-19-36)35-25-11-13-26(14-12-25)41(4,39)40/h5-15,21-22,29,35H,16-20H2,1-4H3,(H,34,37)/t29-/m1/s1. The number of anilines is 1. The Labute approximate surface area is 242 Å². The Balaban J connectivity index is 1.39. The number of hydrogen-bond donors (Lipinski definition) is 2. The molecular formula is C32H38FN3O4S. The summed E-state index contributed by atoms with van der Waals surface area (Å²) in [6.45, 7) is 6.78. The number of nitrogens with one attached hydrogen (secondary N) is 2. The topological polar surface area (TPSA) is 95.6 Å². The van der Waals surface area contributed by atoms with E-state index in [0.717, 1.165) is 16.8 Å². The Bertz CT molecular complexity index is 1480. The van der Waals surface area contributed by atoms with Crippen LogP contribution in [0.4, 0.5) is 10.1 Å². The number of hydrogen-bond acceptors (Lipinski definition) is 5. The van der Waals surface area contributed by atoms with E-state index in [9.17, 15) is 22.4 Å². The lowest BCUT2D eigenvalue weighted by Crippen LogP contribution is -2.56. The van der Waals surface area contributed by atoms with Gasteiger partial charge in [-0.1, -0.05) is 50.2 Å². The average Bonchev–Trinajstić information content (AvgIpc) is 2.93. The molecule has 0 spiro atoms. The van der Waals surface area contributed by atoms with Gasteiger partial charge in [-0.05, 0) is 79.6 Å². The number of piperidine rings is 1. The fourth-order valence-corrected chi connectivity index (χ4v) is 5.73.